The number of nitrogens with one attached hydrogen (secondary N) is 1. The van der Waals surface area contributed by atoms with Crippen LogP contribution in [0.1, 0.15) is 25.7 Å². The lowest BCUT2D eigenvalue weighted by Gasteiger charge is -2.27. The molecule has 2 rings (SSSR count). The highest BCUT2D eigenvalue weighted by molar-refractivity contribution is 5.84. The number of anilines is 1. The van der Waals surface area contributed by atoms with E-state index in [1.807, 2.05) is 30.3 Å². The van der Waals surface area contributed by atoms with Crippen LogP contribution in [0.5, 0.6) is 0 Å². The quantitative estimate of drug-likeness (QED) is 0.864. The Bertz CT molecular complexity index is 381. The summed E-state index contributed by atoms with van der Waals surface area (Å²) in [5, 5.41) is 2.69. The molecule has 0 aromatic heterocycles. The van der Waals surface area contributed by atoms with Gasteiger partial charge in [-0.15, -0.1) is 0 Å². The fourth-order valence-corrected chi connectivity index (χ4v) is 2.30. The molecule has 0 radical (unpaired) electrons. The summed E-state index contributed by atoms with van der Waals surface area (Å²) in [7, 11) is 0. The first-order valence-corrected chi connectivity index (χ1v) is 6.50. The van der Waals surface area contributed by atoms with Crippen LogP contribution in [-0.4, -0.2) is 18.7 Å². The lowest BCUT2D eigenvalue weighted by Crippen LogP contribution is -2.36. The molecule has 1 aliphatic carbocycles. The fraction of sp³-hybridized carbons (Fsp3) is 0.500. The highest BCUT2D eigenvalue weighted by atomic mass is 16.5. The SMILES string of the molecule is N[C@@H]1CCCC[C@H]1COC(=O)Nc1ccccc1. The number of benzene rings is 1. The Kier molecular flexibility index (Phi) is 4.59. The summed E-state index contributed by atoms with van der Waals surface area (Å²) in [4.78, 5) is 11.6. The standard InChI is InChI=1S/C14H20N2O2/c15-13-9-5-4-6-11(13)10-18-14(17)16-12-7-2-1-3-8-12/h1-3,7-8,11,13H,4-6,9-10,15H2,(H,16,17)/t11-,13+/m0/s1. The zero-order valence-corrected chi connectivity index (χ0v) is 10.5. The van der Waals surface area contributed by atoms with Gasteiger partial charge in [0.05, 0.1) is 6.61 Å². The second-order valence-electron chi connectivity index (χ2n) is 4.80. The van der Waals surface area contributed by atoms with Gasteiger partial charge in [0.25, 0.3) is 0 Å². The second kappa shape index (κ2) is 6.40. The van der Waals surface area contributed by atoms with Gasteiger partial charge in [-0.1, -0.05) is 31.0 Å². The lowest BCUT2D eigenvalue weighted by molar-refractivity contribution is 0.120. The predicted octanol–water partition coefficient (Wildman–Crippen LogP) is 2.75. The largest absolute Gasteiger partial charge is 0.449 e. The molecule has 0 spiro atoms. The van der Waals surface area contributed by atoms with Gasteiger partial charge in [-0.2, -0.15) is 0 Å². The van der Waals surface area contributed by atoms with Gasteiger partial charge in [-0.05, 0) is 25.0 Å². The van der Waals surface area contributed by atoms with Crippen LogP contribution in [0, 0.1) is 5.92 Å². The van der Waals surface area contributed by atoms with E-state index in [0.717, 1.165) is 18.5 Å². The van der Waals surface area contributed by atoms with Crippen molar-refractivity contribution in [2.24, 2.45) is 11.7 Å². The Hall–Kier alpha value is -1.55. The summed E-state index contributed by atoms with van der Waals surface area (Å²) in [5.41, 5.74) is 6.75. The van der Waals surface area contributed by atoms with E-state index < -0.39 is 6.09 Å². The molecule has 1 aromatic rings. The molecule has 98 valence electrons. The Morgan fingerprint density at radius 2 is 2.00 bits per heavy atom. The van der Waals surface area contributed by atoms with E-state index in [1.165, 1.54) is 12.8 Å². The van der Waals surface area contributed by atoms with Gasteiger partial charge in [0.2, 0.25) is 0 Å². The molecule has 2 atom stereocenters. The van der Waals surface area contributed by atoms with Gasteiger partial charge < -0.3 is 10.5 Å². The van der Waals surface area contributed by atoms with E-state index in [0.29, 0.717) is 12.5 Å². The molecular formula is C14H20N2O2. The van der Waals surface area contributed by atoms with Crippen LogP contribution in [0.4, 0.5) is 10.5 Å². The average molecular weight is 248 g/mol. The molecule has 1 amide bonds. The monoisotopic (exact) mass is 248 g/mol. The molecule has 1 saturated carbocycles. The molecular weight excluding hydrogens is 228 g/mol. The van der Waals surface area contributed by atoms with Gasteiger partial charge in [0, 0.05) is 17.6 Å². The average Bonchev–Trinajstić information content (AvgIpc) is 2.39. The highest BCUT2D eigenvalue weighted by Crippen LogP contribution is 2.23. The van der Waals surface area contributed by atoms with Crippen molar-refractivity contribution in [3.8, 4) is 0 Å². The number of carbonyl (C=O) groups excluding carboxylic acids is 1. The molecule has 18 heavy (non-hydrogen) atoms. The van der Waals surface area contributed by atoms with Crippen molar-refractivity contribution in [3.05, 3.63) is 30.3 Å². The lowest BCUT2D eigenvalue weighted by atomic mass is 9.86. The van der Waals surface area contributed by atoms with Crippen molar-refractivity contribution in [1.29, 1.82) is 0 Å². The summed E-state index contributed by atoms with van der Waals surface area (Å²) in [6.45, 7) is 0.417. The number of rotatable bonds is 3. The van der Waals surface area contributed by atoms with Gasteiger partial charge in [-0.3, -0.25) is 5.32 Å². The maximum Gasteiger partial charge on any atom is 0.411 e. The zero-order valence-electron chi connectivity index (χ0n) is 10.5. The topological polar surface area (TPSA) is 64.3 Å². The van der Waals surface area contributed by atoms with Crippen LogP contribution in [0.15, 0.2) is 30.3 Å². The Morgan fingerprint density at radius 1 is 1.28 bits per heavy atom. The summed E-state index contributed by atoms with van der Waals surface area (Å²) in [6, 6.07) is 9.46. The molecule has 1 aliphatic rings. The van der Waals surface area contributed by atoms with E-state index in [9.17, 15) is 4.79 Å². The van der Waals surface area contributed by atoms with Crippen molar-refractivity contribution >= 4 is 11.8 Å². The van der Waals surface area contributed by atoms with Crippen molar-refractivity contribution in [2.75, 3.05) is 11.9 Å². The van der Waals surface area contributed by atoms with E-state index in [1.54, 1.807) is 0 Å². The number of carbonyl (C=O) groups is 1. The maximum atomic E-state index is 11.6. The molecule has 1 aromatic carbocycles. The first-order valence-electron chi connectivity index (χ1n) is 6.50. The third-order valence-electron chi connectivity index (χ3n) is 3.42. The maximum absolute atomic E-state index is 11.6. The van der Waals surface area contributed by atoms with Gasteiger partial charge in [0.1, 0.15) is 0 Å². The summed E-state index contributed by atoms with van der Waals surface area (Å²) < 4.78 is 5.23. The third kappa shape index (κ3) is 3.74. The van der Waals surface area contributed by atoms with Gasteiger partial charge >= 0.3 is 6.09 Å². The normalized spacial score (nSPS) is 23.4. The molecule has 1 fully saturated rings. The van der Waals surface area contributed by atoms with Crippen LogP contribution in [0.3, 0.4) is 0 Å². The van der Waals surface area contributed by atoms with Crippen LogP contribution >= 0.6 is 0 Å². The van der Waals surface area contributed by atoms with Crippen molar-refractivity contribution in [3.63, 3.8) is 0 Å². The van der Waals surface area contributed by atoms with Crippen LogP contribution in [0.2, 0.25) is 0 Å². The number of hydrogen-bond donors (Lipinski definition) is 2. The van der Waals surface area contributed by atoms with Crippen LogP contribution in [0.25, 0.3) is 0 Å². The first kappa shape index (κ1) is 12.9. The van der Waals surface area contributed by atoms with Crippen molar-refractivity contribution in [1.82, 2.24) is 0 Å². The molecule has 4 heteroatoms. The number of ether oxygens (including phenoxy) is 1. The first-order chi connectivity index (χ1) is 8.75. The van der Waals surface area contributed by atoms with Crippen LogP contribution < -0.4 is 11.1 Å². The molecule has 4 nitrogen and oxygen atoms in total. The van der Waals surface area contributed by atoms with E-state index in [4.69, 9.17) is 10.5 Å². The Morgan fingerprint density at radius 3 is 2.72 bits per heavy atom. The van der Waals surface area contributed by atoms with Gasteiger partial charge in [0.15, 0.2) is 0 Å². The van der Waals surface area contributed by atoms with Crippen molar-refractivity contribution < 1.29 is 9.53 Å². The van der Waals surface area contributed by atoms with E-state index >= 15 is 0 Å². The number of amides is 1. The minimum atomic E-state index is -0.404. The molecule has 0 unspecified atom stereocenters. The minimum absolute atomic E-state index is 0.170. The van der Waals surface area contributed by atoms with Gasteiger partial charge in [-0.25, -0.2) is 4.79 Å². The fourth-order valence-electron chi connectivity index (χ4n) is 2.30. The number of nitrogens with two attached hydrogens (primary N) is 1. The predicted molar refractivity (Wildman–Crippen MR) is 71.3 cm³/mol. The molecule has 0 bridgehead atoms. The number of para-hydroxylation sites is 1. The second-order valence-corrected chi connectivity index (χ2v) is 4.80. The smallest absolute Gasteiger partial charge is 0.411 e. The molecule has 0 heterocycles. The third-order valence-corrected chi connectivity index (χ3v) is 3.42. The Labute approximate surface area is 108 Å². The zero-order chi connectivity index (χ0) is 12.8. The summed E-state index contributed by atoms with van der Waals surface area (Å²) in [6.07, 6.45) is 4.06. The van der Waals surface area contributed by atoms with Crippen molar-refractivity contribution in [2.45, 2.75) is 31.7 Å². The molecule has 0 saturated heterocycles. The summed E-state index contributed by atoms with van der Waals surface area (Å²) in [5.74, 6) is 0.306. The minimum Gasteiger partial charge on any atom is -0.449 e. The van der Waals surface area contributed by atoms with Crippen LogP contribution in [-0.2, 0) is 4.74 Å². The highest BCUT2D eigenvalue weighted by Gasteiger charge is 2.23. The summed E-state index contributed by atoms with van der Waals surface area (Å²) >= 11 is 0. The van der Waals surface area contributed by atoms with E-state index in [-0.39, 0.29) is 6.04 Å². The number of hydrogen-bond acceptors (Lipinski definition) is 3. The van der Waals surface area contributed by atoms with E-state index in [2.05, 4.69) is 5.32 Å². The molecule has 3 N–H and O–H groups in total. The Balaban J connectivity index is 1.74. The molecule has 0 aliphatic heterocycles.